The molecule has 0 aliphatic carbocycles. The summed E-state index contributed by atoms with van der Waals surface area (Å²) in [7, 11) is 1.61. The average molecular weight is 346 g/mol. The highest BCUT2D eigenvalue weighted by Gasteiger charge is 2.20. The van der Waals surface area contributed by atoms with Crippen molar-refractivity contribution in [3.05, 3.63) is 65.2 Å². The first-order chi connectivity index (χ1) is 12.1. The van der Waals surface area contributed by atoms with E-state index in [9.17, 15) is 13.6 Å². The van der Waals surface area contributed by atoms with E-state index in [1.54, 1.807) is 7.05 Å². The molecule has 1 heterocycles. The third-order valence-corrected chi connectivity index (χ3v) is 4.26. The Labute approximate surface area is 145 Å². The Morgan fingerprint density at radius 3 is 2.60 bits per heavy atom. The van der Waals surface area contributed by atoms with E-state index in [0.717, 1.165) is 36.5 Å². The van der Waals surface area contributed by atoms with Crippen LogP contribution in [0.4, 0.5) is 14.5 Å². The molecule has 2 aromatic rings. The number of benzene rings is 2. The van der Waals surface area contributed by atoms with Crippen LogP contribution in [0.25, 0.3) is 0 Å². The summed E-state index contributed by atoms with van der Waals surface area (Å²) in [6, 6.07) is 10.8. The van der Waals surface area contributed by atoms with Gasteiger partial charge in [0.15, 0.2) is 0 Å². The molecular weight excluding hydrogens is 326 g/mol. The van der Waals surface area contributed by atoms with E-state index in [0.29, 0.717) is 19.8 Å². The number of carbonyl (C=O) groups excluding carboxylic acids is 1. The molecule has 0 saturated carbocycles. The Kier molecular flexibility index (Phi) is 5.28. The SMILES string of the molecule is CN(Cc1ccccc1N1CCOCC1)C(=O)c1ccc(F)cc1F. The van der Waals surface area contributed by atoms with Crippen molar-refractivity contribution in [3.63, 3.8) is 0 Å². The van der Waals surface area contributed by atoms with E-state index in [-0.39, 0.29) is 5.56 Å². The second-order valence-electron chi connectivity index (χ2n) is 6.01. The fraction of sp³-hybridized carbons (Fsp3) is 0.316. The van der Waals surface area contributed by atoms with Crippen molar-refractivity contribution in [3.8, 4) is 0 Å². The van der Waals surface area contributed by atoms with Gasteiger partial charge in [0.05, 0.1) is 18.8 Å². The van der Waals surface area contributed by atoms with E-state index in [2.05, 4.69) is 4.90 Å². The van der Waals surface area contributed by atoms with Crippen LogP contribution in [0.5, 0.6) is 0 Å². The van der Waals surface area contributed by atoms with E-state index < -0.39 is 17.5 Å². The molecule has 0 bridgehead atoms. The summed E-state index contributed by atoms with van der Waals surface area (Å²) < 4.78 is 32.3. The van der Waals surface area contributed by atoms with E-state index >= 15 is 0 Å². The molecule has 0 radical (unpaired) electrons. The largest absolute Gasteiger partial charge is 0.378 e. The molecule has 1 fully saturated rings. The second kappa shape index (κ2) is 7.61. The Hall–Kier alpha value is -2.47. The Bertz CT molecular complexity index is 761. The van der Waals surface area contributed by atoms with Crippen LogP contribution in [-0.4, -0.2) is 44.2 Å². The summed E-state index contributed by atoms with van der Waals surface area (Å²) in [5, 5.41) is 0. The van der Waals surface area contributed by atoms with Gasteiger partial charge < -0.3 is 14.5 Å². The summed E-state index contributed by atoms with van der Waals surface area (Å²) in [5.74, 6) is -2.03. The number of carbonyl (C=O) groups is 1. The van der Waals surface area contributed by atoms with Gasteiger partial charge >= 0.3 is 0 Å². The van der Waals surface area contributed by atoms with Gasteiger partial charge in [-0.2, -0.15) is 0 Å². The van der Waals surface area contributed by atoms with Crippen molar-refractivity contribution in [2.24, 2.45) is 0 Å². The molecule has 0 aromatic heterocycles. The lowest BCUT2D eigenvalue weighted by molar-refractivity contribution is 0.0780. The maximum Gasteiger partial charge on any atom is 0.256 e. The molecule has 1 saturated heterocycles. The van der Waals surface area contributed by atoms with E-state index in [4.69, 9.17) is 4.74 Å². The zero-order chi connectivity index (χ0) is 17.8. The number of nitrogens with zero attached hydrogens (tertiary/aromatic N) is 2. The Morgan fingerprint density at radius 2 is 1.88 bits per heavy atom. The summed E-state index contributed by atoms with van der Waals surface area (Å²) in [5.41, 5.74) is 1.89. The van der Waals surface area contributed by atoms with Crippen molar-refractivity contribution in [2.45, 2.75) is 6.54 Å². The molecular formula is C19H20F2N2O2. The summed E-state index contributed by atoms with van der Waals surface area (Å²) >= 11 is 0. The lowest BCUT2D eigenvalue weighted by Gasteiger charge is -2.31. The van der Waals surface area contributed by atoms with Gasteiger partial charge in [-0.1, -0.05) is 18.2 Å². The number of amides is 1. The minimum absolute atomic E-state index is 0.132. The quantitative estimate of drug-likeness (QED) is 0.853. The van der Waals surface area contributed by atoms with Crippen molar-refractivity contribution in [2.75, 3.05) is 38.3 Å². The van der Waals surface area contributed by atoms with E-state index in [1.807, 2.05) is 24.3 Å². The third kappa shape index (κ3) is 3.96. The van der Waals surface area contributed by atoms with Gasteiger partial charge in [0.25, 0.3) is 5.91 Å². The van der Waals surface area contributed by atoms with Crippen LogP contribution in [0, 0.1) is 11.6 Å². The number of halogens is 2. The lowest BCUT2D eigenvalue weighted by atomic mass is 10.1. The fourth-order valence-corrected chi connectivity index (χ4v) is 2.95. The Morgan fingerprint density at radius 1 is 1.16 bits per heavy atom. The molecule has 1 aliphatic heterocycles. The van der Waals surface area contributed by atoms with Gasteiger partial charge in [-0.15, -0.1) is 0 Å². The van der Waals surface area contributed by atoms with Crippen LogP contribution in [0.15, 0.2) is 42.5 Å². The van der Waals surface area contributed by atoms with Crippen molar-refractivity contribution >= 4 is 11.6 Å². The fourth-order valence-electron chi connectivity index (χ4n) is 2.95. The van der Waals surface area contributed by atoms with Gasteiger partial charge in [-0.3, -0.25) is 4.79 Å². The Balaban J connectivity index is 1.78. The molecule has 0 spiro atoms. The van der Waals surface area contributed by atoms with Crippen LogP contribution < -0.4 is 4.90 Å². The molecule has 0 N–H and O–H groups in total. The first-order valence-electron chi connectivity index (χ1n) is 8.17. The van der Waals surface area contributed by atoms with Crippen LogP contribution in [0.2, 0.25) is 0 Å². The van der Waals surface area contributed by atoms with Crippen LogP contribution in [-0.2, 0) is 11.3 Å². The molecule has 4 nitrogen and oxygen atoms in total. The number of hydrogen-bond donors (Lipinski definition) is 0. The summed E-state index contributed by atoms with van der Waals surface area (Å²) in [4.78, 5) is 16.2. The molecule has 3 rings (SSSR count). The maximum absolute atomic E-state index is 13.9. The molecule has 1 amide bonds. The van der Waals surface area contributed by atoms with Crippen LogP contribution in [0.3, 0.4) is 0 Å². The molecule has 6 heteroatoms. The zero-order valence-electron chi connectivity index (χ0n) is 14.0. The summed E-state index contributed by atoms with van der Waals surface area (Å²) in [6.07, 6.45) is 0. The summed E-state index contributed by atoms with van der Waals surface area (Å²) in [6.45, 7) is 3.26. The number of rotatable bonds is 4. The minimum Gasteiger partial charge on any atom is -0.378 e. The monoisotopic (exact) mass is 346 g/mol. The highest BCUT2D eigenvalue weighted by Crippen LogP contribution is 2.23. The standard InChI is InChI=1S/C19H20F2N2O2/c1-22(19(24)16-7-6-15(20)12-17(16)21)13-14-4-2-3-5-18(14)23-8-10-25-11-9-23/h2-7,12H,8-11,13H2,1H3. The predicted molar refractivity (Wildman–Crippen MR) is 91.6 cm³/mol. The molecule has 132 valence electrons. The molecule has 25 heavy (non-hydrogen) atoms. The van der Waals surface area contributed by atoms with Gasteiger partial charge in [-0.25, -0.2) is 8.78 Å². The maximum atomic E-state index is 13.9. The molecule has 1 aliphatic rings. The predicted octanol–water partition coefficient (Wildman–Crippen LogP) is 3.07. The molecule has 2 aromatic carbocycles. The third-order valence-electron chi connectivity index (χ3n) is 4.26. The second-order valence-corrected chi connectivity index (χ2v) is 6.01. The smallest absolute Gasteiger partial charge is 0.256 e. The number of para-hydroxylation sites is 1. The van der Waals surface area contributed by atoms with Crippen LogP contribution >= 0.6 is 0 Å². The number of ether oxygens (including phenoxy) is 1. The minimum atomic E-state index is -0.849. The molecule has 0 atom stereocenters. The van der Waals surface area contributed by atoms with E-state index in [1.165, 1.54) is 11.0 Å². The van der Waals surface area contributed by atoms with Gasteiger partial charge in [0, 0.05) is 38.4 Å². The highest BCUT2D eigenvalue weighted by molar-refractivity contribution is 5.94. The number of morpholine rings is 1. The van der Waals surface area contributed by atoms with Crippen LogP contribution in [0.1, 0.15) is 15.9 Å². The molecule has 0 unspecified atom stereocenters. The highest BCUT2D eigenvalue weighted by atomic mass is 19.1. The van der Waals surface area contributed by atoms with Gasteiger partial charge in [0.2, 0.25) is 0 Å². The van der Waals surface area contributed by atoms with Crippen molar-refractivity contribution in [1.29, 1.82) is 0 Å². The average Bonchev–Trinajstić information content (AvgIpc) is 2.62. The van der Waals surface area contributed by atoms with Crippen molar-refractivity contribution in [1.82, 2.24) is 4.90 Å². The topological polar surface area (TPSA) is 32.8 Å². The first-order valence-corrected chi connectivity index (χ1v) is 8.17. The lowest BCUT2D eigenvalue weighted by Crippen LogP contribution is -2.37. The number of anilines is 1. The first kappa shape index (κ1) is 17.4. The van der Waals surface area contributed by atoms with Gasteiger partial charge in [0.1, 0.15) is 11.6 Å². The zero-order valence-corrected chi connectivity index (χ0v) is 14.0. The normalized spacial score (nSPS) is 14.4. The van der Waals surface area contributed by atoms with Gasteiger partial charge in [-0.05, 0) is 23.8 Å². The van der Waals surface area contributed by atoms with Crippen molar-refractivity contribution < 1.29 is 18.3 Å². The number of hydrogen-bond acceptors (Lipinski definition) is 3.